The van der Waals surface area contributed by atoms with E-state index >= 15 is 0 Å². The van der Waals surface area contributed by atoms with Crippen LogP contribution in [-0.2, 0) is 19.9 Å². The molecule has 0 spiro atoms. The predicted octanol–water partition coefficient (Wildman–Crippen LogP) is 1.96. The highest BCUT2D eigenvalue weighted by atomic mass is 79.9. The van der Waals surface area contributed by atoms with Crippen LogP contribution in [0.3, 0.4) is 0 Å². The Morgan fingerprint density at radius 3 is 2.78 bits per heavy atom. The molecule has 0 N–H and O–H groups in total. The molecule has 0 fully saturated rings. The molecule has 0 saturated heterocycles. The highest BCUT2D eigenvalue weighted by Gasteiger charge is 2.17. The summed E-state index contributed by atoms with van der Waals surface area (Å²) in [5, 5.41) is 4.36. The van der Waals surface area contributed by atoms with Crippen molar-refractivity contribution >= 4 is 21.7 Å². The fourth-order valence-electron chi connectivity index (χ4n) is 1.70. The van der Waals surface area contributed by atoms with Crippen LogP contribution in [0.15, 0.2) is 23.1 Å². The molecule has 18 heavy (non-hydrogen) atoms. The fraction of sp³-hybridized carbons (Fsp3) is 0.333. The van der Waals surface area contributed by atoms with Crippen LogP contribution < -0.4 is 0 Å². The van der Waals surface area contributed by atoms with Gasteiger partial charge in [0.05, 0.1) is 28.5 Å². The van der Waals surface area contributed by atoms with Crippen LogP contribution in [0.2, 0.25) is 0 Å². The number of carbonyl (C=O) groups is 1. The molecule has 0 aliphatic carbocycles. The van der Waals surface area contributed by atoms with E-state index in [0.717, 1.165) is 22.3 Å². The molecule has 2 aromatic rings. The topological polar surface area (TPSA) is 60.7 Å². The van der Waals surface area contributed by atoms with Gasteiger partial charge < -0.3 is 0 Å². The van der Waals surface area contributed by atoms with Gasteiger partial charge in [-0.25, -0.2) is 4.98 Å². The molecule has 0 radical (unpaired) electrons. The van der Waals surface area contributed by atoms with Crippen LogP contribution in [0.4, 0.5) is 0 Å². The van der Waals surface area contributed by atoms with E-state index in [-0.39, 0.29) is 12.2 Å². The molecule has 2 rings (SSSR count). The summed E-state index contributed by atoms with van der Waals surface area (Å²) in [5.41, 5.74) is 2.20. The number of hydrogen-bond donors (Lipinski definition) is 0. The lowest BCUT2D eigenvalue weighted by Crippen LogP contribution is -2.10. The molecular formula is C12H13BrN4O. The SMILES string of the molecule is CCc1nn(C)c(CC(=O)c2cnccn2)c1Br. The van der Waals surface area contributed by atoms with Crippen molar-refractivity contribution in [2.75, 3.05) is 0 Å². The van der Waals surface area contributed by atoms with Crippen molar-refractivity contribution in [2.45, 2.75) is 19.8 Å². The number of aromatic nitrogens is 4. The number of halogens is 1. The lowest BCUT2D eigenvalue weighted by molar-refractivity contribution is 0.0985. The van der Waals surface area contributed by atoms with Crippen molar-refractivity contribution < 1.29 is 4.79 Å². The molecule has 0 saturated carbocycles. The lowest BCUT2D eigenvalue weighted by Gasteiger charge is -2.01. The zero-order chi connectivity index (χ0) is 13.1. The van der Waals surface area contributed by atoms with Gasteiger partial charge in [0.1, 0.15) is 5.69 Å². The molecule has 2 heterocycles. The Kier molecular flexibility index (Phi) is 3.86. The summed E-state index contributed by atoms with van der Waals surface area (Å²) in [6.45, 7) is 2.03. The Bertz CT molecular complexity index is 565. The van der Waals surface area contributed by atoms with Crippen LogP contribution in [0.25, 0.3) is 0 Å². The number of Topliss-reactive ketones (excluding diaryl/α,β-unsaturated/α-hetero) is 1. The van der Waals surface area contributed by atoms with Crippen LogP contribution in [0.5, 0.6) is 0 Å². The summed E-state index contributed by atoms with van der Waals surface area (Å²) in [4.78, 5) is 20.0. The van der Waals surface area contributed by atoms with Gasteiger partial charge in [-0.1, -0.05) is 6.92 Å². The first-order valence-electron chi connectivity index (χ1n) is 5.63. The van der Waals surface area contributed by atoms with Crippen LogP contribution >= 0.6 is 15.9 Å². The fourth-order valence-corrected chi connectivity index (χ4v) is 2.45. The first-order valence-corrected chi connectivity index (χ1v) is 6.42. The third kappa shape index (κ3) is 2.48. The van der Waals surface area contributed by atoms with Gasteiger partial charge in [0.2, 0.25) is 0 Å². The second-order valence-electron chi connectivity index (χ2n) is 3.88. The standard InChI is InChI=1S/C12H13BrN4O/c1-3-8-12(13)10(17(2)16-8)6-11(18)9-7-14-4-5-15-9/h4-5,7H,3,6H2,1-2H3. The molecule has 6 heteroatoms. The number of carbonyl (C=O) groups excluding carboxylic acids is 1. The summed E-state index contributed by atoms with van der Waals surface area (Å²) in [6.07, 6.45) is 5.64. The first-order chi connectivity index (χ1) is 8.63. The monoisotopic (exact) mass is 308 g/mol. The van der Waals surface area contributed by atoms with E-state index in [2.05, 4.69) is 31.0 Å². The van der Waals surface area contributed by atoms with Crippen molar-refractivity contribution in [3.05, 3.63) is 40.1 Å². The van der Waals surface area contributed by atoms with Crippen molar-refractivity contribution in [1.82, 2.24) is 19.7 Å². The van der Waals surface area contributed by atoms with Gasteiger partial charge in [-0.15, -0.1) is 0 Å². The summed E-state index contributed by atoms with van der Waals surface area (Å²) >= 11 is 3.49. The molecule has 0 aliphatic rings. The zero-order valence-corrected chi connectivity index (χ0v) is 11.8. The van der Waals surface area contributed by atoms with E-state index < -0.39 is 0 Å². The molecule has 0 aromatic carbocycles. The summed E-state index contributed by atoms with van der Waals surface area (Å²) in [7, 11) is 1.84. The number of rotatable bonds is 4. The van der Waals surface area contributed by atoms with E-state index in [0.29, 0.717) is 5.69 Å². The maximum Gasteiger partial charge on any atom is 0.188 e. The highest BCUT2D eigenvalue weighted by Crippen LogP contribution is 2.22. The second-order valence-corrected chi connectivity index (χ2v) is 4.67. The Morgan fingerprint density at radius 1 is 1.44 bits per heavy atom. The van der Waals surface area contributed by atoms with Gasteiger partial charge in [-0.05, 0) is 22.4 Å². The van der Waals surface area contributed by atoms with Crippen molar-refractivity contribution in [2.24, 2.45) is 7.05 Å². The van der Waals surface area contributed by atoms with Gasteiger partial charge >= 0.3 is 0 Å². The first kappa shape index (κ1) is 12.9. The maximum absolute atomic E-state index is 12.1. The molecular weight excluding hydrogens is 296 g/mol. The van der Waals surface area contributed by atoms with E-state index in [1.807, 2.05) is 14.0 Å². The van der Waals surface area contributed by atoms with Gasteiger partial charge in [-0.2, -0.15) is 5.10 Å². The highest BCUT2D eigenvalue weighted by molar-refractivity contribution is 9.10. The summed E-state index contributed by atoms with van der Waals surface area (Å²) < 4.78 is 2.64. The number of ketones is 1. The summed E-state index contributed by atoms with van der Waals surface area (Å²) in [5.74, 6) is -0.0607. The Labute approximate surface area is 113 Å². The molecule has 0 bridgehead atoms. The normalized spacial score (nSPS) is 10.6. The Balaban J connectivity index is 2.25. The minimum atomic E-state index is -0.0607. The lowest BCUT2D eigenvalue weighted by atomic mass is 10.1. The smallest absolute Gasteiger partial charge is 0.188 e. The van der Waals surface area contributed by atoms with E-state index in [4.69, 9.17) is 0 Å². The van der Waals surface area contributed by atoms with Gasteiger partial charge in [0.15, 0.2) is 5.78 Å². The minimum Gasteiger partial charge on any atom is -0.292 e. The molecule has 0 amide bonds. The average molecular weight is 309 g/mol. The minimum absolute atomic E-state index is 0.0607. The van der Waals surface area contributed by atoms with Gasteiger partial charge in [-0.3, -0.25) is 14.5 Å². The number of aryl methyl sites for hydroxylation is 2. The zero-order valence-electron chi connectivity index (χ0n) is 10.2. The molecule has 0 atom stereocenters. The molecule has 0 unspecified atom stereocenters. The van der Waals surface area contributed by atoms with E-state index in [1.54, 1.807) is 10.9 Å². The number of nitrogens with zero attached hydrogens (tertiary/aromatic N) is 4. The third-order valence-corrected chi connectivity index (χ3v) is 3.60. The maximum atomic E-state index is 12.1. The Hall–Kier alpha value is -1.56. The molecule has 94 valence electrons. The largest absolute Gasteiger partial charge is 0.292 e. The number of hydrogen-bond acceptors (Lipinski definition) is 4. The van der Waals surface area contributed by atoms with Crippen molar-refractivity contribution in [3.63, 3.8) is 0 Å². The van der Waals surface area contributed by atoms with Crippen LogP contribution in [0.1, 0.15) is 28.8 Å². The Morgan fingerprint density at radius 2 is 2.22 bits per heavy atom. The van der Waals surface area contributed by atoms with Crippen LogP contribution in [-0.4, -0.2) is 25.5 Å². The van der Waals surface area contributed by atoms with Crippen molar-refractivity contribution in [1.29, 1.82) is 0 Å². The van der Waals surface area contributed by atoms with E-state index in [1.165, 1.54) is 12.4 Å². The molecule has 5 nitrogen and oxygen atoms in total. The third-order valence-electron chi connectivity index (χ3n) is 2.68. The van der Waals surface area contributed by atoms with Gasteiger partial charge in [0.25, 0.3) is 0 Å². The predicted molar refractivity (Wildman–Crippen MR) is 70.4 cm³/mol. The second kappa shape index (κ2) is 5.39. The quantitative estimate of drug-likeness (QED) is 0.810. The van der Waals surface area contributed by atoms with E-state index in [9.17, 15) is 4.79 Å². The van der Waals surface area contributed by atoms with Crippen LogP contribution in [0, 0.1) is 0 Å². The molecule has 2 aromatic heterocycles. The van der Waals surface area contributed by atoms with Gasteiger partial charge in [0, 0.05) is 19.4 Å². The van der Waals surface area contributed by atoms with Crippen molar-refractivity contribution in [3.8, 4) is 0 Å². The summed E-state index contributed by atoms with van der Waals surface area (Å²) in [6, 6.07) is 0. The molecule has 0 aliphatic heterocycles. The average Bonchev–Trinajstić information content (AvgIpc) is 2.67.